The molecule has 8 aromatic carbocycles. The summed E-state index contributed by atoms with van der Waals surface area (Å²) in [5.74, 6) is 0. The van der Waals surface area contributed by atoms with Crippen molar-refractivity contribution >= 4 is 59.0 Å². The molecule has 0 saturated carbocycles. The number of aromatic nitrogens is 1. The molecule has 3 N–H and O–H groups in total. The Kier molecular flexibility index (Phi) is 8.95. The molecule has 1 aliphatic heterocycles. The van der Waals surface area contributed by atoms with E-state index in [2.05, 4.69) is 216 Å². The molecule has 2 atom stereocenters. The number of fused-ring (bicyclic) bond motifs is 6. The Bertz CT molecular complexity index is 3180. The van der Waals surface area contributed by atoms with Crippen molar-refractivity contribution in [1.82, 2.24) is 9.88 Å². The number of hydrogen-bond donors (Lipinski definition) is 2. The van der Waals surface area contributed by atoms with Crippen LogP contribution in [0.15, 0.2) is 200 Å². The topological polar surface area (TPSA) is 33.6 Å². The third kappa shape index (κ3) is 6.24. The molecule has 0 amide bonds. The lowest BCUT2D eigenvalue weighted by Gasteiger charge is -2.23. The highest BCUT2D eigenvalue weighted by atomic mass is 32.1. The van der Waals surface area contributed by atoms with Crippen LogP contribution in [0.5, 0.6) is 0 Å². The smallest absolute Gasteiger partial charge is 0.186 e. The van der Waals surface area contributed by atoms with Crippen molar-refractivity contribution < 1.29 is 5.32 Å². The van der Waals surface area contributed by atoms with Gasteiger partial charge in [-0.1, -0.05) is 171 Å². The first-order valence-corrected chi connectivity index (χ1v) is 21.6. The molecule has 0 bridgehead atoms. The molecular weight excluding hydrogens is 735 g/mol. The van der Waals surface area contributed by atoms with Crippen molar-refractivity contribution in [1.29, 1.82) is 0 Å². The maximum Gasteiger partial charge on any atom is 0.186 e. The highest BCUT2D eigenvalue weighted by Gasteiger charge is 2.30. The maximum absolute atomic E-state index is 4.07. The monoisotopic (exact) mass is 778 g/mol. The van der Waals surface area contributed by atoms with E-state index in [1.807, 2.05) is 11.3 Å². The van der Waals surface area contributed by atoms with Crippen molar-refractivity contribution in [3.05, 3.63) is 216 Å². The van der Waals surface area contributed by atoms with Gasteiger partial charge in [-0.25, -0.2) is 0 Å². The fourth-order valence-corrected chi connectivity index (χ4v) is 10.9. The molecule has 2 unspecified atom stereocenters. The Hall–Kier alpha value is -6.72. The first kappa shape index (κ1) is 35.4. The van der Waals surface area contributed by atoms with Gasteiger partial charge in [0.05, 0.1) is 11.0 Å². The minimum Gasteiger partial charge on any atom is -0.332 e. The summed E-state index contributed by atoms with van der Waals surface area (Å²) in [6.45, 7) is 2.29. The largest absolute Gasteiger partial charge is 0.332 e. The van der Waals surface area contributed by atoms with Crippen molar-refractivity contribution in [2.24, 2.45) is 0 Å². The first-order chi connectivity index (χ1) is 29.2. The van der Waals surface area contributed by atoms with Crippen LogP contribution in [-0.4, -0.2) is 4.57 Å². The van der Waals surface area contributed by atoms with Gasteiger partial charge >= 0.3 is 0 Å². The minimum absolute atomic E-state index is 0.0170. The molecule has 1 aliphatic rings. The van der Waals surface area contributed by atoms with Crippen molar-refractivity contribution in [3.8, 4) is 27.9 Å². The fraction of sp³-hybridized carbons (Fsp3) is 0.0909. The van der Waals surface area contributed by atoms with Crippen LogP contribution in [0, 0.1) is 0 Å². The second kappa shape index (κ2) is 14.9. The summed E-state index contributed by atoms with van der Waals surface area (Å²) in [5.41, 5.74) is 15.2. The lowest BCUT2D eigenvalue weighted by Crippen LogP contribution is -2.88. The molecule has 0 fully saturated rings. The van der Waals surface area contributed by atoms with Crippen LogP contribution in [0.25, 0.3) is 75.6 Å². The SMILES string of the molecule is CCC1=C(c2ccccc2)NC(c2cccc(-n3c4ccccc4c4cc(-c5cccc6c5sc5c(-c7ccccc7)cccc56)ccc43)c2)[NH2+]C(c2ccccc2)C1. The molecule has 3 nitrogen and oxygen atoms in total. The van der Waals surface area contributed by atoms with E-state index < -0.39 is 0 Å². The molecule has 0 saturated heterocycles. The number of thiophene rings is 1. The Morgan fingerprint density at radius 2 is 1.12 bits per heavy atom. The molecule has 10 aromatic rings. The molecule has 4 heteroatoms. The summed E-state index contributed by atoms with van der Waals surface area (Å²) < 4.78 is 5.13. The summed E-state index contributed by atoms with van der Waals surface area (Å²) in [7, 11) is 0. The van der Waals surface area contributed by atoms with Crippen LogP contribution in [0.1, 0.15) is 48.7 Å². The zero-order chi connectivity index (χ0) is 39.3. The van der Waals surface area contributed by atoms with Gasteiger partial charge in [0.2, 0.25) is 0 Å². The lowest BCUT2D eigenvalue weighted by molar-refractivity contribution is -0.736. The minimum atomic E-state index is 0.0170. The molecule has 11 rings (SSSR count). The number of quaternary nitrogens is 1. The number of benzene rings is 8. The zero-order valence-electron chi connectivity index (χ0n) is 33.0. The van der Waals surface area contributed by atoms with Crippen LogP contribution in [0.3, 0.4) is 0 Å². The van der Waals surface area contributed by atoms with Gasteiger partial charge in [-0.3, -0.25) is 0 Å². The second-order valence-corrected chi connectivity index (χ2v) is 16.8. The van der Waals surface area contributed by atoms with Crippen LogP contribution >= 0.6 is 11.3 Å². The number of nitrogens with zero attached hydrogens (tertiary/aromatic N) is 1. The fourth-order valence-electron chi connectivity index (χ4n) is 9.48. The predicted molar refractivity (Wildman–Crippen MR) is 250 cm³/mol. The summed E-state index contributed by atoms with van der Waals surface area (Å²) in [5, 5.41) is 11.8. The lowest BCUT2D eigenvalue weighted by atomic mass is 9.95. The van der Waals surface area contributed by atoms with Gasteiger partial charge in [-0.05, 0) is 70.1 Å². The molecular formula is C55H44N3S+. The highest BCUT2D eigenvalue weighted by molar-refractivity contribution is 7.26. The molecule has 284 valence electrons. The number of nitrogens with two attached hydrogens (primary N) is 1. The number of rotatable bonds is 7. The predicted octanol–water partition coefficient (Wildman–Crippen LogP) is 13.6. The third-order valence-corrected chi connectivity index (χ3v) is 13.6. The van der Waals surface area contributed by atoms with Gasteiger partial charge in [0, 0.05) is 59.9 Å². The highest BCUT2D eigenvalue weighted by Crippen LogP contribution is 2.45. The Labute approximate surface area is 348 Å². The van der Waals surface area contributed by atoms with E-state index in [4.69, 9.17) is 0 Å². The summed E-state index contributed by atoms with van der Waals surface area (Å²) in [4.78, 5) is 0. The van der Waals surface area contributed by atoms with Gasteiger partial charge < -0.3 is 15.2 Å². The van der Waals surface area contributed by atoms with E-state index in [-0.39, 0.29) is 12.2 Å². The van der Waals surface area contributed by atoms with Gasteiger partial charge in [0.1, 0.15) is 6.04 Å². The normalized spacial score (nSPS) is 15.9. The summed E-state index contributed by atoms with van der Waals surface area (Å²) in [6.07, 6.45) is 2.01. The Morgan fingerprint density at radius 1 is 0.525 bits per heavy atom. The van der Waals surface area contributed by atoms with Crippen LogP contribution < -0.4 is 10.6 Å². The Morgan fingerprint density at radius 3 is 1.85 bits per heavy atom. The molecule has 59 heavy (non-hydrogen) atoms. The van der Waals surface area contributed by atoms with Crippen LogP contribution in [0.4, 0.5) is 0 Å². The number of hydrogen-bond acceptors (Lipinski definition) is 2. The zero-order valence-corrected chi connectivity index (χ0v) is 33.8. The molecule has 2 aromatic heterocycles. The van der Waals surface area contributed by atoms with Gasteiger partial charge in [-0.2, -0.15) is 0 Å². The Balaban J connectivity index is 1.03. The van der Waals surface area contributed by atoms with Crippen molar-refractivity contribution in [3.63, 3.8) is 0 Å². The van der Waals surface area contributed by atoms with Crippen LogP contribution in [-0.2, 0) is 0 Å². The number of nitrogens with one attached hydrogen (secondary N) is 1. The third-order valence-electron chi connectivity index (χ3n) is 12.3. The van der Waals surface area contributed by atoms with E-state index in [0.717, 1.165) is 18.5 Å². The van der Waals surface area contributed by atoms with Crippen molar-refractivity contribution in [2.45, 2.75) is 32.0 Å². The molecule has 0 radical (unpaired) electrons. The van der Waals surface area contributed by atoms with E-state index in [1.165, 1.54) is 92.2 Å². The van der Waals surface area contributed by atoms with Crippen LogP contribution in [0.2, 0.25) is 0 Å². The van der Waals surface area contributed by atoms with Gasteiger partial charge in [0.25, 0.3) is 0 Å². The van der Waals surface area contributed by atoms with E-state index in [1.54, 1.807) is 0 Å². The van der Waals surface area contributed by atoms with Gasteiger partial charge in [-0.15, -0.1) is 11.3 Å². The summed E-state index contributed by atoms with van der Waals surface area (Å²) >= 11 is 1.91. The van der Waals surface area contributed by atoms with E-state index >= 15 is 0 Å². The standard InChI is InChI=1S/C55H43N3S/c1-2-36-35-49(38-19-8-4-9-20-38)56-55(57-52(36)39-21-10-5-11-22-39)41-23-14-24-42(33-41)58-50-30-13-12-25-45(50)48-34-40(31-32-51(48)58)44-27-16-29-47-46-28-15-26-43(53(46)59-54(44)47)37-17-6-3-7-18-37/h3-34,49,55-57H,2,35H2,1H3/p+1. The van der Waals surface area contributed by atoms with Gasteiger partial charge in [0.15, 0.2) is 6.17 Å². The quantitative estimate of drug-likeness (QED) is 0.166. The summed E-state index contributed by atoms with van der Waals surface area (Å²) in [6, 6.07) is 71.7. The first-order valence-electron chi connectivity index (χ1n) is 20.8. The average molecular weight is 779 g/mol. The van der Waals surface area contributed by atoms with E-state index in [9.17, 15) is 0 Å². The number of para-hydroxylation sites is 1. The molecule has 3 heterocycles. The van der Waals surface area contributed by atoms with Crippen molar-refractivity contribution in [2.75, 3.05) is 0 Å². The molecule has 0 aliphatic carbocycles. The van der Waals surface area contributed by atoms with E-state index in [0.29, 0.717) is 0 Å². The average Bonchev–Trinajstić information content (AvgIpc) is 3.78. The molecule has 0 spiro atoms. The second-order valence-electron chi connectivity index (χ2n) is 15.7. The maximum atomic E-state index is 4.07.